The fourth-order valence-electron chi connectivity index (χ4n) is 2.86. The zero-order valence-corrected chi connectivity index (χ0v) is 11.5. The number of anilines is 1. The predicted octanol–water partition coefficient (Wildman–Crippen LogP) is 3.90. The van der Waals surface area contributed by atoms with E-state index in [2.05, 4.69) is 18.9 Å². The molecule has 0 amide bonds. The molecule has 1 heterocycles. The van der Waals surface area contributed by atoms with Crippen molar-refractivity contribution in [3.8, 4) is 0 Å². The Morgan fingerprint density at radius 2 is 2.12 bits per heavy atom. The van der Waals surface area contributed by atoms with Crippen LogP contribution in [0.25, 0.3) is 0 Å². The lowest BCUT2D eigenvalue weighted by molar-refractivity contribution is 0.332. The molecule has 0 radical (unpaired) electrons. The van der Waals surface area contributed by atoms with Crippen LogP contribution >= 0.6 is 11.6 Å². The van der Waals surface area contributed by atoms with Crippen molar-refractivity contribution in [2.75, 3.05) is 5.73 Å². The van der Waals surface area contributed by atoms with E-state index in [1.165, 1.54) is 32.1 Å². The van der Waals surface area contributed by atoms with Crippen molar-refractivity contribution in [1.29, 1.82) is 0 Å². The fraction of sp³-hybridized carbons (Fsp3) is 0.769. The van der Waals surface area contributed by atoms with Crippen LogP contribution in [0.1, 0.15) is 52.0 Å². The minimum Gasteiger partial charge on any atom is -0.383 e. The van der Waals surface area contributed by atoms with E-state index in [1.807, 2.05) is 4.68 Å². The van der Waals surface area contributed by atoms with Crippen LogP contribution in [-0.4, -0.2) is 9.78 Å². The first-order valence-electron chi connectivity index (χ1n) is 6.58. The van der Waals surface area contributed by atoms with Crippen molar-refractivity contribution in [3.05, 3.63) is 11.2 Å². The highest BCUT2D eigenvalue weighted by molar-refractivity contribution is 6.32. The number of rotatable bonds is 2. The van der Waals surface area contributed by atoms with Crippen molar-refractivity contribution in [1.82, 2.24) is 9.78 Å². The summed E-state index contributed by atoms with van der Waals surface area (Å²) < 4.78 is 1.92. The average Bonchev–Trinajstić information content (AvgIpc) is 2.55. The SMILES string of the molecule is CC(C)C1CCCC(n2ncc(Cl)c2N)CC1. The predicted molar refractivity (Wildman–Crippen MR) is 72.1 cm³/mol. The lowest BCUT2D eigenvalue weighted by Gasteiger charge is -2.19. The minimum absolute atomic E-state index is 0.436. The molecule has 0 saturated heterocycles. The van der Waals surface area contributed by atoms with Crippen molar-refractivity contribution in [2.24, 2.45) is 11.8 Å². The van der Waals surface area contributed by atoms with E-state index >= 15 is 0 Å². The van der Waals surface area contributed by atoms with Gasteiger partial charge in [0.2, 0.25) is 0 Å². The summed E-state index contributed by atoms with van der Waals surface area (Å²) in [5, 5.41) is 4.89. The molecule has 0 aliphatic heterocycles. The van der Waals surface area contributed by atoms with Gasteiger partial charge in [-0.25, -0.2) is 4.68 Å². The molecule has 1 fully saturated rings. The third-order valence-corrected chi connectivity index (χ3v) is 4.35. The number of halogens is 1. The van der Waals surface area contributed by atoms with Crippen LogP contribution in [0.2, 0.25) is 5.02 Å². The summed E-state index contributed by atoms with van der Waals surface area (Å²) in [6.07, 6.45) is 7.88. The van der Waals surface area contributed by atoms with Gasteiger partial charge in [0.05, 0.1) is 12.2 Å². The number of nitrogens with two attached hydrogens (primary N) is 1. The quantitative estimate of drug-likeness (QED) is 0.815. The van der Waals surface area contributed by atoms with Gasteiger partial charge in [0.1, 0.15) is 10.8 Å². The van der Waals surface area contributed by atoms with Gasteiger partial charge < -0.3 is 5.73 Å². The molecule has 1 aliphatic rings. The van der Waals surface area contributed by atoms with Gasteiger partial charge in [-0.05, 0) is 31.1 Å². The normalized spacial score (nSPS) is 26.1. The summed E-state index contributed by atoms with van der Waals surface area (Å²) in [6, 6.07) is 0.436. The molecule has 0 bridgehead atoms. The Morgan fingerprint density at radius 1 is 1.35 bits per heavy atom. The van der Waals surface area contributed by atoms with E-state index in [9.17, 15) is 0 Å². The molecule has 1 saturated carbocycles. The van der Waals surface area contributed by atoms with Gasteiger partial charge >= 0.3 is 0 Å². The van der Waals surface area contributed by atoms with E-state index in [0.29, 0.717) is 16.9 Å². The van der Waals surface area contributed by atoms with E-state index < -0.39 is 0 Å². The number of nitrogens with zero attached hydrogens (tertiary/aromatic N) is 2. The van der Waals surface area contributed by atoms with E-state index in [4.69, 9.17) is 17.3 Å². The smallest absolute Gasteiger partial charge is 0.140 e. The molecule has 17 heavy (non-hydrogen) atoms. The molecular formula is C13H22ClN3. The summed E-state index contributed by atoms with van der Waals surface area (Å²) in [6.45, 7) is 4.65. The van der Waals surface area contributed by atoms with Crippen LogP contribution in [0.4, 0.5) is 5.82 Å². The highest BCUT2D eigenvalue weighted by Gasteiger charge is 2.23. The summed E-state index contributed by atoms with van der Waals surface area (Å²) in [5.41, 5.74) is 5.95. The molecule has 1 aliphatic carbocycles. The van der Waals surface area contributed by atoms with Gasteiger partial charge in [0.15, 0.2) is 0 Å². The summed E-state index contributed by atoms with van der Waals surface area (Å²) in [4.78, 5) is 0. The molecular weight excluding hydrogens is 234 g/mol. The van der Waals surface area contributed by atoms with Crippen LogP contribution < -0.4 is 5.73 Å². The van der Waals surface area contributed by atoms with E-state index in [1.54, 1.807) is 6.20 Å². The number of nitrogen functional groups attached to an aromatic ring is 1. The van der Waals surface area contributed by atoms with Crippen LogP contribution in [-0.2, 0) is 0 Å². The van der Waals surface area contributed by atoms with Gasteiger partial charge in [-0.1, -0.05) is 38.3 Å². The van der Waals surface area contributed by atoms with Crippen molar-refractivity contribution < 1.29 is 0 Å². The Morgan fingerprint density at radius 3 is 2.71 bits per heavy atom. The summed E-state index contributed by atoms with van der Waals surface area (Å²) >= 11 is 5.96. The second-order valence-electron chi connectivity index (χ2n) is 5.49. The molecule has 1 aromatic rings. The number of aromatic nitrogens is 2. The zero-order chi connectivity index (χ0) is 12.4. The lowest BCUT2D eigenvalue weighted by Crippen LogP contribution is -2.13. The monoisotopic (exact) mass is 255 g/mol. The Kier molecular flexibility index (Phi) is 3.97. The van der Waals surface area contributed by atoms with Crippen LogP contribution in [0.3, 0.4) is 0 Å². The second kappa shape index (κ2) is 5.30. The van der Waals surface area contributed by atoms with E-state index in [0.717, 1.165) is 11.8 Å². The largest absolute Gasteiger partial charge is 0.383 e. The Hall–Kier alpha value is -0.700. The Labute approximate surface area is 108 Å². The molecule has 96 valence electrons. The first-order valence-corrected chi connectivity index (χ1v) is 6.96. The van der Waals surface area contributed by atoms with Crippen LogP contribution in [0.5, 0.6) is 0 Å². The Bertz CT molecular complexity index is 373. The fourth-order valence-corrected chi connectivity index (χ4v) is 2.99. The third-order valence-electron chi connectivity index (χ3n) is 4.06. The standard InChI is InChI=1S/C13H22ClN3/c1-9(2)10-4-3-5-11(7-6-10)17-13(15)12(14)8-16-17/h8-11H,3-7,15H2,1-2H3. The maximum Gasteiger partial charge on any atom is 0.140 e. The number of hydrogen-bond donors (Lipinski definition) is 1. The van der Waals surface area contributed by atoms with Crippen LogP contribution in [0, 0.1) is 11.8 Å². The minimum atomic E-state index is 0.436. The highest BCUT2D eigenvalue weighted by Crippen LogP contribution is 2.35. The van der Waals surface area contributed by atoms with Gasteiger partial charge in [-0.15, -0.1) is 0 Å². The first-order chi connectivity index (χ1) is 8.09. The zero-order valence-electron chi connectivity index (χ0n) is 10.7. The van der Waals surface area contributed by atoms with E-state index in [-0.39, 0.29) is 0 Å². The van der Waals surface area contributed by atoms with Gasteiger partial charge in [0, 0.05) is 0 Å². The molecule has 0 aromatic carbocycles. The van der Waals surface area contributed by atoms with Gasteiger partial charge in [-0.2, -0.15) is 5.10 Å². The van der Waals surface area contributed by atoms with Crippen LogP contribution in [0.15, 0.2) is 6.20 Å². The number of hydrogen-bond acceptors (Lipinski definition) is 2. The highest BCUT2D eigenvalue weighted by atomic mass is 35.5. The van der Waals surface area contributed by atoms with Crippen molar-refractivity contribution >= 4 is 17.4 Å². The molecule has 2 unspecified atom stereocenters. The maximum absolute atomic E-state index is 5.96. The third kappa shape index (κ3) is 2.76. The molecule has 2 rings (SSSR count). The lowest BCUT2D eigenvalue weighted by atomic mass is 9.89. The summed E-state index contributed by atoms with van der Waals surface area (Å²) in [7, 11) is 0. The van der Waals surface area contributed by atoms with Crippen molar-refractivity contribution in [3.63, 3.8) is 0 Å². The second-order valence-corrected chi connectivity index (χ2v) is 5.90. The molecule has 2 N–H and O–H groups in total. The molecule has 1 aromatic heterocycles. The Balaban J connectivity index is 2.06. The van der Waals surface area contributed by atoms with Crippen molar-refractivity contribution in [2.45, 2.75) is 52.0 Å². The maximum atomic E-state index is 5.96. The molecule has 2 atom stereocenters. The van der Waals surface area contributed by atoms with Gasteiger partial charge in [0.25, 0.3) is 0 Å². The summed E-state index contributed by atoms with van der Waals surface area (Å²) in [5.74, 6) is 2.26. The average molecular weight is 256 g/mol. The first kappa shape index (κ1) is 12.7. The molecule has 4 heteroatoms. The topological polar surface area (TPSA) is 43.8 Å². The molecule has 3 nitrogen and oxygen atoms in total. The van der Waals surface area contributed by atoms with Gasteiger partial charge in [-0.3, -0.25) is 0 Å². The molecule has 0 spiro atoms.